The number of aryl methyl sites for hydroxylation is 1. The van der Waals surface area contributed by atoms with E-state index in [1.54, 1.807) is 6.07 Å². The van der Waals surface area contributed by atoms with Gasteiger partial charge in [0.25, 0.3) is 0 Å². The first kappa shape index (κ1) is 13.8. The van der Waals surface area contributed by atoms with E-state index in [2.05, 4.69) is 30.8 Å². The van der Waals surface area contributed by atoms with Crippen LogP contribution in [0.25, 0.3) is 0 Å². The van der Waals surface area contributed by atoms with Crippen molar-refractivity contribution in [2.45, 2.75) is 38.9 Å². The van der Waals surface area contributed by atoms with Gasteiger partial charge in [0.1, 0.15) is 11.6 Å². The Morgan fingerprint density at radius 3 is 3.00 bits per heavy atom. The van der Waals surface area contributed by atoms with Crippen molar-refractivity contribution in [3.8, 4) is 0 Å². The zero-order valence-corrected chi connectivity index (χ0v) is 13.0. The van der Waals surface area contributed by atoms with Crippen molar-refractivity contribution >= 4 is 15.9 Å². The molecule has 0 aliphatic heterocycles. The molecule has 1 aromatic heterocycles. The topological polar surface area (TPSA) is 29.9 Å². The number of halogens is 2. The molecule has 0 spiro atoms. The summed E-state index contributed by atoms with van der Waals surface area (Å²) in [6.45, 7) is 3.43. The summed E-state index contributed by atoms with van der Waals surface area (Å²) < 4.78 is 16.3. The molecule has 3 rings (SSSR count). The van der Waals surface area contributed by atoms with Crippen molar-refractivity contribution in [3.63, 3.8) is 0 Å². The largest absolute Gasteiger partial charge is 0.327 e. The molecule has 1 aromatic carbocycles. The minimum atomic E-state index is -0.224. The molecule has 0 saturated heterocycles. The molecule has 1 aliphatic rings. The molecule has 0 atom stereocenters. The van der Waals surface area contributed by atoms with Gasteiger partial charge in [0, 0.05) is 18.8 Å². The predicted octanol–water partition coefficient (Wildman–Crippen LogP) is 3.39. The second-order valence-electron chi connectivity index (χ2n) is 5.25. The molecule has 0 radical (unpaired) electrons. The predicted molar refractivity (Wildman–Crippen MR) is 80.0 cm³/mol. The zero-order valence-electron chi connectivity index (χ0n) is 11.4. The number of imidazole rings is 1. The average molecular weight is 338 g/mol. The van der Waals surface area contributed by atoms with Crippen LogP contribution in [0.15, 0.2) is 28.9 Å². The van der Waals surface area contributed by atoms with Crippen molar-refractivity contribution < 1.29 is 4.39 Å². The third-order valence-corrected chi connectivity index (χ3v) is 4.54. The van der Waals surface area contributed by atoms with Crippen LogP contribution in [0.1, 0.15) is 29.9 Å². The van der Waals surface area contributed by atoms with Crippen LogP contribution < -0.4 is 5.32 Å². The van der Waals surface area contributed by atoms with Crippen molar-refractivity contribution in [2.75, 3.05) is 0 Å². The van der Waals surface area contributed by atoms with Crippen molar-refractivity contribution in [3.05, 3.63) is 51.8 Å². The zero-order chi connectivity index (χ0) is 14.1. The van der Waals surface area contributed by atoms with E-state index >= 15 is 0 Å². The minimum Gasteiger partial charge on any atom is -0.327 e. The van der Waals surface area contributed by atoms with Crippen LogP contribution in [0.5, 0.6) is 0 Å². The molecule has 3 nitrogen and oxygen atoms in total. The Hall–Kier alpha value is -1.20. The summed E-state index contributed by atoms with van der Waals surface area (Å²) in [5, 5.41) is 3.49. The Morgan fingerprint density at radius 1 is 1.45 bits per heavy atom. The van der Waals surface area contributed by atoms with Crippen LogP contribution >= 0.6 is 15.9 Å². The van der Waals surface area contributed by atoms with Gasteiger partial charge in [-0.25, -0.2) is 9.37 Å². The molecular formula is C15H17BrFN3. The number of rotatable bonds is 5. The Morgan fingerprint density at radius 2 is 2.25 bits per heavy atom. The number of nitrogens with one attached hydrogen (secondary N) is 1. The number of benzene rings is 1. The van der Waals surface area contributed by atoms with Gasteiger partial charge >= 0.3 is 0 Å². The van der Waals surface area contributed by atoms with Gasteiger partial charge in [-0.1, -0.05) is 12.1 Å². The van der Waals surface area contributed by atoms with Gasteiger partial charge < -0.3 is 9.88 Å². The van der Waals surface area contributed by atoms with Crippen molar-refractivity contribution in [1.29, 1.82) is 0 Å². The molecule has 1 aliphatic carbocycles. The van der Waals surface area contributed by atoms with Crippen LogP contribution in [0.4, 0.5) is 4.39 Å². The molecule has 1 N–H and O–H groups in total. The Labute approximate surface area is 126 Å². The maximum Gasteiger partial charge on any atom is 0.137 e. The fourth-order valence-electron chi connectivity index (χ4n) is 2.25. The van der Waals surface area contributed by atoms with Gasteiger partial charge in [-0.2, -0.15) is 0 Å². The van der Waals surface area contributed by atoms with Crippen LogP contribution in [-0.4, -0.2) is 15.6 Å². The smallest absolute Gasteiger partial charge is 0.137 e. The van der Waals surface area contributed by atoms with Gasteiger partial charge in [-0.3, -0.25) is 0 Å². The summed E-state index contributed by atoms with van der Waals surface area (Å²) in [4.78, 5) is 4.38. The molecule has 5 heteroatoms. The lowest BCUT2D eigenvalue weighted by Crippen LogP contribution is -2.19. The summed E-state index contributed by atoms with van der Waals surface area (Å²) in [5.74, 6) is 0.728. The fourth-order valence-corrected chi connectivity index (χ4v) is 2.64. The van der Waals surface area contributed by atoms with E-state index in [0.29, 0.717) is 17.1 Å². The Bertz CT molecular complexity index is 620. The number of hydrogen-bond acceptors (Lipinski definition) is 2. The third-order valence-electron chi connectivity index (χ3n) is 3.65. The Balaban J connectivity index is 1.81. The number of nitrogens with zero attached hydrogens (tertiary/aromatic N) is 2. The third kappa shape index (κ3) is 2.94. The average Bonchev–Trinajstić information content (AvgIpc) is 3.20. The SMILES string of the molecule is Cc1ncc(CNC2CC2)n1Cc1cccc(F)c1Br. The van der Waals surface area contributed by atoms with Gasteiger partial charge in [0.05, 0.1) is 16.7 Å². The van der Waals surface area contributed by atoms with E-state index < -0.39 is 0 Å². The summed E-state index contributed by atoms with van der Waals surface area (Å²) >= 11 is 3.32. The van der Waals surface area contributed by atoms with Gasteiger partial charge in [0.15, 0.2) is 0 Å². The molecule has 20 heavy (non-hydrogen) atoms. The maximum absolute atomic E-state index is 13.6. The summed E-state index contributed by atoms with van der Waals surface area (Å²) in [6.07, 6.45) is 4.43. The van der Waals surface area contributed by atoms with E-state index in [-0.39, 0.29) is 5.82 Å². The van der Waals surface area contributed by atoms with Crippen LogP contribution in [0.2, 0.25) is 0 Å². The standard InChI is InChI=1S/C15H17BrFN3/c1-10-18-7-13(8-19-12-5-6-12)20(10)9-11-3-2-4-14(17)15(11)16/h2-4,7,12,19H,5-6,8-9H2,1H3. The summed E-state index contributed by atoms with van der Waals surface area (Å²) in [6, 6.07) is 5.80. The van der Waals surface area contributed by atoms with Gasteiger partial charge in [-0.15, -0.1) is 0 Å². The lowest BCUT2D eigenvalue weighted by Gasteiger charge is -2.12. The normalized spacial score (nSPS) is 14.8. The minimum absolute atomic E-state index is 0.224. The molecule has 0 amide bonds. The monoisotopic (exact) mass is 337 g/mol. The van der Waals surface area contributed by atoms with Crippen molar-refractivity contribution in [2.24, 2.45) is 0 Å². The van der Waals surface area contributed by atoms with E-state index in [0.717, 1.165) is 23.6 Å². The second kappa shape index (κ2) is 5.66. The van der Waals surface area contributed by atoms with E-state index in [1.807, 2.05) is 19.2 Å². The lowest BCUT2D eigenvalue weighted by atomic mass is 10.2. The maximum atomic E-state index is 13.6. The molecule has 1 heterocycles. The van der Waals surface area contributed by atoms with Gasteiger partial charge in [0.2, 0.25) is 0 Å². The fraction of sp³-hybridized carbons (Fsp3) is 0.400. The van der Waals surface area contributed by atoms with Crippen LogP contribution in [0.3, 0.4) is 0 Å². The van der Waals surface area contributed by atoms with E-state index in [9.17, 15) is 4.39 Å². The van der Waals surface area contributed by atoms with Crippen LogP contribution in [-0.2, 0) is 13.1 Å². The highest BCUT2D eigenvalue weighted by Gasteiger charge is 2.21. The first-order chi connectivity index (χ1) is 9.65. The molecular weight excluding hydrogens is 321 g/mol. The highest BCUT2D eigenvalue weighted by atomic mass is 79.9. The number of hydrogen-bond donors (Lipinski definition) is 1. The van der Waals surface area contributed by atoms with Crippen LogP contribution in [0, 0.1) is 12.7 Å². The van der Waals surface area contributed by atoms with Gasteiger partial charge in [-0.05, 0) is 47.3 Å². The van der Waals surface area contributed by atoms with E-state index in [1.165, 1.54) is 18.9 Å². The molecule has 2 aromatic rings. The molecule has 1 saturated carbocycles. The highest BCUT2D eigenvalue weighted by molar-refractivity contribution is 9.10. The molecule has 0 bridgehead atoms. The first-order valence-corrected chi connectivity index (χ1v) is 7.61. The second-order valence-corrected chi connectivity index (χ2v) is 6.04. The molecule has 1 fully saturated rings. The quantitative estimate of drug-likeness (QED) is 0.906. The van der Waals surface area contributed by atoms with E-state index in [4.69, 9.17) is 0 Å². The summed E-state index contributed by atoms with van der Waals surface area (Å²) in [7, 11) is 0. The lowest BCUT2D eigenvalue weighted by molar-refractivity contribution is 0.606. The van der Waals surface area contributed by atoms with Crippen molar-refractivity contribution in [1.82, 2.24) is 14.9 Å². The summed E-state index contributed by atoms with van der Waals surface area (Å²) in [5.41, 5.74) is 2.07. The Kier molecular flexibility index (Phi) is 3.89. The molecule has 0 unspecified atom stereocenters. The first-order valence-electron chi connectivity index (χ1n) is 6.82. The number of aromatic nitrogens is 2. The molecule has 106 valence electrons. The highest BCUT2D eigenvalue weighted by Crippen LogP contribution is 2.23.